The number of benzene rings is 1. The van der Waals surface area contributed by atoms with Gasteiger partial charge in [0.05, 0.1) is 0 Å². The van der Waals surface area contributed by atoms with E-state index in [4.69, 9.17) is 16.7 Å². The van der Waals surface area contributed by atoms with Gasteiger partial charge in [0.1, 0.15) is 5.82 Å². The lowest BCUT2D eigenvalue weighted by Gasteiger charge is -2.32. The molecule has 0 atom stereocenters. The molecule has 0 aliphatic carbocycles. The lowest BCUT2D eigenvalue weighted by molar-refractivity contribution is 0.168. The number of hydrogen-bond donors (Lipinski definition) is 2. The quantitative estimate of drug-likeness (QED) is 0.876. The molecule has 0 radical (unpaired) electrons. The molecule has 0 saturated carbocycles. The van der Waals surface area contributed by atoms with Crippen molar-refractivity contribution in [3.8, 4) is 0 Å². The van der Waals surface area contributed by atoms with Gasteiger partial charge in [0.15, 0.2) is 0 Å². The summed E-state index contributed by atoms with van der Waals surface area (Å²) >= 11 is 6.09. The number of likely N-dealkylation sites (tertiary alicyclic amines) is 1. The van der Waals surface area contributed by atoms with E-state index in [-0.39, 0.29) is 5.82 Å². The summed E-state index contributed by atoms with van der Waals surface area (Å²) in [4.78, 5) is 12.7. The Morgan fingerprint density at radius 3 is 2.81 bits per heavy atom. The van der Waals surface area contributed by atoms with Crippen molar-refractivity contribution in [2.24, 2.45) is 5.92 Å². The van der Waals surface area contributed by atoms with Gasteiger partial charge in [-0.05, 0) is 62.0 Å². The summed E-state index contributed by atoms with van der Waals surface area (Å²) in [6, 6.07) is 4.45. The Hall–Kier alpha value is -1.33. The molecule has 1 saturated heterocycles. The minimum absolute atomic E-state index is 0.260. The summed E-state index contributed by atoms with van der Waals surface area (Å²) in [7, 11) is 0. The normalized spacial score (nSPS) is 16.9. The highest BCUT2D eigenvalue weighted by molar-refractivity contribution is 6.31. The molecule has 2 rings (SSSR count). The summed E-state index contributed by atoms with van der Waals surface area (Å²) in [5.41, 5.74) is 0.822. The second kappa shape index (κ2) is 7.61. The molecule has 1 fully saturated rings. The maximum absolute atomic E-state index is 13.2. The van der Waals surface area contributed by atoms with Crippen molar-refractivity contribution in [1.29, 1.82) is 0 Å². The lowest BCUT2D eigenvalue weighted by Crippen LogP contribution is -2.34. The maximum atomic E-state index is 13.2. The molecular formula is C15H20ClFN2O2. The molecule has 4 nitrogen and oxygen atoms in total. The van der Waals surface area contributed by atoms with Crippen LogP contribution in [0.5, 0.6) is 0 Å². The van der Waals surface area contributed by atoms with E-state index in [1.807, 2.05) is 0 Å². The largest absolute Gasteiger partial charge is 0.465 e. The molecule has 0 bridgehead atoms. The first-order valence-corrected chi connectivity index (χ1v) is 7.55. The molecule has 116 valence electrons. The topological polar surface area (TPSA) is 52.6 Å². The lowest BCUT2D eigenvalue weighted by atomic mass is 9.93. The van der Waals surface area contributed by atoms with Gasteiger partial charge in [0, 0.05) is 18.1 Å². The molecule has 1 aliphatic rings. The summed E-state index contributed by atoms with van der Waals surface area (Å²) in [6.45, 7) is 3.04. The summed E-state index contributed by atoms with van der Waals surface area (Å²) in [5.74, 6) is 0.292. The predicted molar refractivity (Wildman–Crippen MR) is 80.1 cm³/mol. The monoisotopic (exact) mass is 314 g/mol. The van der Waals surface area contributed by atoms with Crippen LogP contribution in [-0.2, 0) is 6.54 Å². The Balaban J connectivity index is 1.76. The van der Waals surface area contributed by atoms with Crippen LogP contribution in [0.1, 0.15) is 24.8 Å². The fourth-order valence-electron chi connectivity index (χ4n) is 2.72. The molecule has 1 heterocycles. The first kappa shape index (κ1) is 16.0. The first-order valence-electron chi connectivity index (χ1n) is 7.17. The van der Waals surface area contributed by atoms with Crippen LogP contribution in [0.2, 0.25) is 5.02 Å². The van der Waals surface area contributed by atoms with Crippen LogP contribution in [0.4, 0.5) is 9.18 Å². The van der Waals surface area contributed by atoms with Gasteiger partial charge >= 0.3 is 6.09 Å². The van der Waals surface area contributed by atoms with E-state index in [1.165, 1.54) is 12.1 Å². The second-order valence-electron chi connectivity index (χ2n) is 5.48. The minimum atomic E-state index is -0.965. The average Bonchev–Trinajstić information content (AvgIpc) is 2.44. The van der Waals surface area contributed by atoms with Gasteiger partial charge in [-0.2, -0.15) is 0 Å². The molecule has 0 spiro atoms. The van der Waals surface area contributed by atoms with Gasteiger partial charge in [-0.15, -0.1) is 0 Å². The molecule has 1 aromatic rings. The highest BCUT2D eigenvalue weighted by Crippen LogP contribution is 2.24. The number of nitrogens with one attached hydrogen (secondary N) is 1. The van der Waals surface area contributed by atoms with Crippen molar-refractivity contribution in [3.05, 3.63) is 34.6 Å². The Morgan fingerprint density at radius 1 is 1.43 bits per heavy atom. The van der Waals surface area contributed by atoms with Crippen LogP contribution < -0.4 is 5.32 Å². The van der Waals surface area contributed by atoms with Crippen molar-refractivity contribution >= 4 is 17.7 Å². The van der Waals surface area contributed by atoms with Gasteiger partial charge in [-0.25, -0.2) is 9.18 Å². The number of piperidine rings is 1. The smallest absolute Gasteiger partial charge is 0.404 e. The molecule has 6 heteroatoms. The zero-order valence-electron chi connectivity index (χ0n) is 11.8. The summed E-state index contributed by atoms with van der Waals surface area (Å²) < 4.78 is 13.2. The van der Waals surface area contributed by atoms with Crippen LogP contribution in [0.25, 0.3) is 0 Å². The minimum Gasteiger partial charge on any atom is -0.465 e. The number of carboxylic acid groups (broad SMARTS) is 1. The van der Waals surface area contributed by atoms with Gasteiger partial charge in [0.2, 0.25) is 0 Å². The Bertz CT molecular complexity index is 491. The van der Waals surface area contributed by atoms with Gasteiger partial charge in [-0.1, -0.05) is 11.6 Å². The second-order valence-corrected chi connectivity index (χ2v) is 5.88. The number of halogens is 2. The number of carbonyl (C=O) groups is 1. The van der Waals surface area contributed by atoms with E-state index < -0.39 is 6.09 Å². The van der Waals surface area contributed by atoms with Gasteiger partial charge < -0.3 is 10.4 Å². The standard InChI is InChI=1S/C15H20ClFN2O2/c16-14-2-1-13(17)9-12(14)10-19-7-4-11(5-8-19)3-6-18-15(20)21/h1-2,9,11,18H,3-8,10H2,(H,20,21). The number of amides is 1. The number of rotatable bonds is 5. The summed E-state index contributed by atoms with van der Waals surface area (Å²) in [5, 5.41) is 11.5. The van der Waals surface area contributed by atoms with Crippen molar-refractivity contribution in [2.75, 3.05) is 19.6 Å². The van der Waals surface area contributed by atoms with Crippen LogP contribution in [0.3, 0.4) is 0 Å². The Labute approximate surface area is 128 Å². The third-order valence-corrected chi connectivity index (χ3v) is 4.31. The van der Waals surface area contributed by atoms with Gasteiger partial charge in [-0.3, -0.25) is 4.90 Å². The summed E-state index contributed by atoms with van der Waals surface area (Å²) in [6.07, 6.45) is 1.98. The van der Waals surface area contributed by atoms with E-state index in [0.717, 1.165) is 37.9 Å². The van der Waals surface area contributed by atoms with Crippen LogP contribution in [0.15, 0.2) is 18.2 Å². The van der Waals surface area contributed by atoms with Crippen molar-refractivity contribution < 1.29 is 14.3 Å². The van der Waals surface area contributed by atoms with E-state index in [9.17, 15) is 9.18 Å². The number of nitrogens with zero attached hydrogens (tertiary/aromatic N) is 1. The highest BCUT2D eigenvalue weighted by atomic mass is 35.5. The third-order valence-electron chi connectivity index (χ3n) is 3.94. The fourth-order valence-corrected chi connectivity index (χ4v) is 2.90. The number of hydrogen-bond acceptors (Lipinski definition) is 2. The predicted octanol–water partition coefficient (Wildman–Crippen LogP) is 3.35. The third kappa shape index (κ3) is 5.17. The molecular weight excluding hydrogens is 295 g/mol. The molecule has 21 heavy (non-hydrogen) atoms. The SMILES string of the molecule is O=C(O)NCCC1CCN(Cc2cc(F)ccc2Cl)CC1. The first-order chi connectivity index (χ1) is 10.0. The Kier molecular flexibility index (Phi) is 5.82. The Morgan fingerprint density at radius 2 is 2.14 bits per heavy atom. The molecule has 1 aromatic carbocycles. The highest BCUT2D eigenvalue weighted by Gasteiger charge is 2.19. The fraction of sp³-hybridized carbons (Fsp3) is 0.533. The molecule has 1 amide bonds. The van der Waals surface area contributed by atoms with Crippen LogP contribution in [-0.4, -0.2) is 35.7 Å². The van der Waals surface area contributed by atoms with E-state index >= 15 is 0 Å². The van der Waals surface area contributed by atoms with E-state index in [1.54, 1.807) is 6.07 Å². The van der Waals surface area contributed by atoms with Crippen molar-refractivity contribution in [2.45, 2.75) is 25.8 Å². The van der Waals surface area contributed by atoms with E-state index in [2.05, 4.69) is 10.2 Å². The van der Waals surface area contributed by atoms with Crippen molar-refractivity contribution in [3.63, 3.8) is 0 Å². The molecule has 2 N–H and O–H groups in total. The maximum Gasteiger partial charge on any atom is 0.404 e. The molecule has 1 aliphatic heterocycles. The molecule has 0 unspecified atom stereocenters. The van der Waals surface area contributed by atoms with E-state index in [0.29, 0.717) is 24.0 Å². The van der Waals surface area contributed by atoms with Gasteiger partial charge in [0.25, 0.3) is 0 Å². The molecule has 0 aromatic heterocycles. The van der Waals surface area contributed by atoms with Crippen LogP contribution in [0, 0.1) is 11.7 Å². The van der Waals surface area contributed by atoms with Crippen molar-refractivity contribution in [1.82, 2.24) is 10.2 Å². The van der Waals surface area contributed by atoms with Crippen LogP contribution >= 0.6 is 11.6 Å². The average molecular weight is 315 g/mol. The zero-order chi connectivity index (χ0) is 15.2. The zero-order valence-corrected chi connectivity index (χ0v) is 12.6.